The number of halogens is 2. The van der Waals surface area contributed by atoms with E-state index in [4.69, 9.17) is 4.74 Å². The van der Waals surface area contributed by atoms with E-state index in [2.05, 4.69) is 26.2 Å². The Morgan fingerprint density at radius 1 is 1.45 bits per heavy atom. The lowest BCUT2D eigenvalue weighted by molar-refractivity contribution is 0.102. The molecule has 0 aliphatic heterocycles. The van der Waals surface area contributed by atoms with Gasteiger partial charge >= 0.3 is 0 Å². The van der Waals surface area contributed by atoms with E-state index in [-0.39, 0.29) is 11.4 Å². The Bertz CT molecular complexity index is 634. The van der Waals surface area contributed by atoms with Crippen molar-refractivity contribution in [2.24, 2.45) is 0 Å². The molecule has 0 fully saturated rings. The lowest BCUT2D eigenvalue weighted by Gasteiger charge is -2.08. The van der Waals surface area contributed by atoms with E-state index in [1.54, 1.807) is 25.1 Å². The minimum Gasteiger partial charge on any atom is -0.491 e. The number of anilines is 1. The normalized spacial score (nSPS) is 10.2. The highest BCUT2D eigenvalue weighted by Gasteiger charge is 2.12. The molecule has 0 bridgehead atoms. The first-order chi connectivity index (χ1) is 9.61. The van der Waals surface area contributed by atoms with Gasteiger partial charge in [-0.3, -0.25) is 4.79 Å². The van der Waals surface area contributed by atoms with E-state index < -0.39 is 11.7 Å². The first-order valence-electron chi connectivity index (χ1n) is 5.96. The van der Waals surface area contributed by atoms with Crippen molar-refractivity contribution in [1.29, 1.82) is 0 Å². The number of carbonyl (C=O) groups excluding carboxylic acids is 1. The zero-order valence-corrected chi connectivity index (χ0v) is 12.3. The van der Waals surface area contributed by atoms with Crippen LogP contribution in [0.4, 0.5) is 10.1 Å². The number of ether oxygens (including phenoxy) is 1. The van der Waals surface area contributed by atoms with Crippen LogP contribution in [0.5, 0.6) is 5.75 Å². The molecule has 104 valence electrons. The Morgan fingerprint density at radius 2 is 2.25 bits per heavy atom. The topological polar surface area (TPSA) is 51.2 Å². The molecule has 1 N–H and O–H groups in total. The summed E-state index contributed by atoms with van der Waals surface area (Å²) >= 11 is 3.24. The molecular formula is C14H12BrFN2O2. The van der Waals surface area contributed by atoms with E-state index in [0.29, 0.717) is 16.8 Å². The zero-order valence-electron chi connectivity index (χ0n) is 10.7. The maximum Gasteiger partial charge on any atom is 0.275 e. The van der Waals surface area contributed by atoms with Gasteiger partial charge in [-0.2, -0.15) is 0 Å². The van der Waals surface area contributed by atoms with Gasteiger partial charge in [0.2, 0.25) is 0 Å². The fourth-order valence-electron chi connectivity index (χ4n) is 1.59. The summed E-state index contributed by atoms with van der Waals surface area (Å²) in [6, 6.07) is 7.67. The van der Waals surface area contributed by atoms with Crippen molar-refractivity contribution < 1.29 is 13.9 Å². The van der Waals surface area contributed by atoms with Gasteiger partial charge < -0.3 is 10.1 Å². The molecule has 0 spiro atoms. The van der Waals surface area contributed by atoms with Gasteiger partial charge in [0.15, 0.2) is 11.6 Å². The number of hydrogen-bond acceptors (Lipinski definition) is 3. The molecule has 0 saturated heterocycles. The van der Waals surface area contributed by atoms with Crippen LogP contribution < -0.4 is 10.1 Å². The van der Waals surface area contributed by atoms with E-state index in [9.17, 15) is 9.18 Å². The maximum atomic E-state index is 13.7. The second-order valence-corrected chi connectivity index (χ2v) is 4.72. The molecule has 1 aromatic carbocycles. The van der Waals surface area contributed by atoms with Gasteiger partial charge in [-0.1, -0.05) is 0 Å². The fraction of sp³-hybridized carbons (Fsp3) is 0.143. The summed E-state index contributed by atoms with van der Waals surface area (Å²) in [4.78, 5) is 16.0. The molecule has 1 amide bonds. The average molecular weight is 339 g/mol. The highest BCUT2D eigenvalue weighted by Crippen LogP contribution is 2.22. The molecule has 20 heavy (non-hydrogen) atoms. The van der Waals surface area contributed by atoms with Crippen molar-refractivity contribution in [3.63, 3.8) is 0 Å². The third-order valence-electron chi connectivity index (χ3n) is 2.46. The summed E-state index contributed by atoms with van der Waals surface area (Å²) in [5.41, 5.74) is 0.579. The molecule has 0 aliphatic carbocycles. The van der Waals surface area contributed by atoms with Crippen LogP contribution in [-0.2, 0) is 0 Å². The predicted octanol–water partition coefficient (Wildman–Crippen LogP) is 3.63. The van der Waals surface area contributed by atoms with Gasteiger partial charge in [-0.05, 0) is 47.1 Å². The molecule has 0 saturated carbocycles. The van der Waals surface area contributed by atoms with Crippen molar-refractivity contribution in [3.05, 3.63) is 52.5 Å². The number of benzene rings is 1. The second-order valence-electron chi connectivity index (χ2n) is 3.87. The van der Waals surface area contributed by atoms with Gasteiger partial charge in [0.05, 0.1) is 6.61 Å². The van der Waals surface area contributed by atoms with Crippen LogP contribution in [-0.4, -0.2) is 17.5 Å². The summed E-state index contributed by atoms with van der Waals surface area (Å²) in [5.74, 6) is -0.782. The summed E-state index contributed by atoms with van der Waals surface area (Å²) in [6.07, 6.45) is 1.51. The van der Waals surface area contributed by atoms with Crippen LogP contribution in [0.3, 0.4) is 0 Å². The largest absolute Gasteiger partial charge is 0.491 e. The zero-order chi connectivity index (χ0) is 14.5. The molecule has 0 unspecified atom stereocenters. The molecule has 2 rings (SSSR count). The highest BCUT2D eigenvalue weighted by molar-refractivity contribution is 9.10. The number of nitrogens with zero attached hydrogens (tertiary/aromatic N) is 1. The molecule has 1 heterocycles. The molecule has 0 atom stereocenters. The SMILES string of the molecule is CCOc1ccc(NC(=O)c2ncccc2Br)cc1F. The van der Waals surface area contributed by atoms with Crippen molar-refractivity contribution in [1.82, 2.24) is 4.98 Å². The number of rotatable bonds is 4. The summed E-state index contributed by atoms with van der Waals surface area (Å²) in [5, 5.41) is 2.58. The van der Waals surface area contributed by atoms with Crippen LogP contribution in [0.15, 0.2) is 41.0 Å². The van der Waals surface area contributed by atoms with Crippen LogP contribution in [0.25, 0.3) is 0 Å². The first kappa shape index (κ1) is 14.5. The fourth-order valence-corrected chi connectivity index (χ4v) is 2.03. The molecular weight excluding hydrogens is 327 g/mol. The Hall–Kier alpha value is -1.95. The van der Waals surface area contributed by atoms with Crippen LogP contribution in [0.1, 0.15) is 17.4 Å². The molecule has 0 aliphatic rings. The van der Waals surface area contributed by atoms with Gasteiger partial charge in [-0.15, -0.1) is 0 Å². The maximum absolute atomic E-state index is 13.7. The Labute approximate surface area is 124 Å². The van der Waals surface area contributed by atoms with Gasteiger partial charge in [0, 0.05) is 22.4 Å². The third kappa shape index (κ3) is 3.33. The number of amides is 1. The smallest absolute Gasteiger partial charge is 0.275 e. The third-order valence-corrected chi connectivity index (χ3v) is 3.10. The summed E-state index contributed by atoms with van der Waals surface area (Å²) in [7, 11) is 0. The van der Waals surface area contributed by atoms with Crippen LogP contribution in [0, 0.1) is 5.82 Å². The minimum absolute atomic E-state index is 0.157. The van der Waals surface area contributed by atoms with E-state index in [1.807, 2.05) is 0 Å². The number of aromatic nitrogens is 1. The highest BCUT2D eigenvalue weighted by atomic mass is 79.9. The lowest BCUT2D eigenvalue weighted by Crippen LogP contribution is -2.14. The van der Waals surface area contributed by atoms with Crippen molar-refractivity contribution in [2.75, 3.05) is 11.9 Å². The summed E-state index contributed by atoms with van der Waals surface area (Å²) in [6.45, 7) is 2.15. The molecule has 0 radical (unpaired) electrons. The number of carbonyl (C=O) groups is 1. The number of hydrogen-bond donors (Lipinski definition) is 1. The van der Waals surface area contributed by atoms with Crippen LogP contribution >= 0.6 is 15.9 Å². The number of pyridine rings is 1. The minimum atomic E-state index is -0.523. The number of nitrogens with one attached hydrogen (secondary N) is 1. The van der Waals surface area contributed by atoms with Gasteiger partial charge in [-0.25, -0.2) is 9.37 Å². The summed E-state index contributed by atoms with van der Waals surface area (Å²) < 4.78 is 19.3. The van der Waals surface area contributed by atoms with Gasteiger partial charge in [0.25, 0.3) is 5.91 Å². The average Bonchev–Trinajstić information content (AvgIpc) is 2.42. The van der Waals surface area contributed by atoms with E-state index >= 15 is 0 Å². The standard InChI is InChI=1S/C14H12BrFN2O2/c1-2-20-12-6-5-9(8-11(12)16)18-14(19)13-10(15)4-3-7-17-13/h3-8H,2H2,1H3,(H,18,19). The second kappa shape index (κ2) is 6.47. The predicted molar refractivity (Wildman–Crippen MR) is 77.5 cm³/mol. The van der Waals surface area contributed by atoms with Gasteiger partial charge in [0.1, 0.15) is 5.69 Å². The quantitative estimate of drug-likeness (QED) is 0.925. The Morgan fingerprint density at radius 3 is 2.90 bits per heavy atom. The van der Waals surface area contributed by atoms with Crippen molar-refractivity contribution >= 4 is 27.5 Å². The first-order valence-corrected chi connectivity index (χ1v) is 6.75. The van der Waals surface area contributed by atoms with E-state index in [0.717, 1.165) is 0 Å². The molecule has 2 aromatic rings. The Balaban J connectivity index is 2.16. The van der Waals surface area contributed by atoms with Crippen LogP contribution in [0.2, 0.25) is 0 Å². The lowest BCUT2D eigenvalue weighted by atomic mass is 10.2. The Kier molecular flexibility index (Phi) is 4.68. The molecule has 4 nitrogen and oxygen atoms in total. The van der Waals surface area contributed by atoms with Crippen molar-refractivity contribution in [2.45, 2.75) is 6.92 Å². The van der Waals surface area contributed by atoms with E-state index in [1.165, 1.54) is 18.3 Å². The molecule has 6 heteroatoms. The monoisotopic (exact) mass is 338 g/mol. The molecule has 1 aromatic heterocycles. The van der Waals surface area contributed by atoms with Crippen molar-refractivity contribution in [3.8, 4) is 5.75 Å².